The van der Waals surface area contributed by atoms with Crippen LogP contribution in [0.5, 0.6) is 11.5 Å². The average Bonchev–Trinajstić information content (AvgIpc) is 2.73. The van der Waals surface area contributed by atoms with Gasteiger partial charge in [0.15, 0.2) is 11.5 Å². The number of pyridine rings is 1. The molecule has 2 heterocycles. The number of amides is 1. The second-order valence-electron chi connectivity index (χ2n) is 5.96. The zero-order valence-corrected chi connectivity index (χ0v) is 15.1. The van der Waals surface area contributed by atoms with Gasteiger partial charge in [0.05, 0.1) is 25.9 Å². The number of nitrogens with zero attached hydrogens (tertiary/aromatic N) is 3. The molecule has 1 aromatic carbocycles. The number of hydrogen-bond acceptors (Lipinski definition) is 6. The largest absolute Gasteiger partial charge is 0.490 e. The fraction of sp³-hybridized carbons (Fsp3) is 0.350. The molecule has 1 aromatic heterocycles. The number of ether oxygens (including phenoxy) is 3. The highest BCUT2D eigenvalue weighted by atomic mass is 16.5. The quantitative estimate of drug-likeness (QED) is 0.780. The molecule has 0 radical (unpaired) electrons. The highest BCUT2D eigenvalue weighted by Gasteiger charge is 2.28. The van der Waals surface area contributed by atoms with E-state index in [1.54, 1.807) is 30.6 Å². The van der Waals surface area contributed by atoms with Crippen LogP contribution in [0.2, 0.25) is 0 Å². The van der Waals surface area contributed by atoms with Gasteiger partial charge in [-0.25, -0.2) is 0 Å². The Labute approximate surface area is 158 Å². The van der Waals surface area contributed by atoms with Gasteiger partial charge >= 0.3 is 0 Å². The maximum absolute atomic E-state index is 12.8. The lowest BCUT2D eigenvalue weighted by atomic mass is 10.1. The Kier molecular flexibility index (Phi) is 6.23. The molecule has 3 rings (SSSR count). The van der Waals surface area contributed by atoms with Gasteiger partial charge in [-0.3, -0.25) is 9.78 Å². The van der Waals surface area contributed by atoms with Crippen molar-refractivity contribution in [1.29, 1.82) is 5.26 Å². The van der Waals surface area contributed by atoms with E-state index in [1.165, 1.54) is 4.90 Å². The van der Waals surface area contributed by atoms with Crippen molar-refractivity contribution < 1.29 is 19.0 Å². The molecule has 0 aliphatic carbocycles. The molecule has 0 N–H and O–H groups in total. The topological polar surface area (TPSA) is 84.7 Å². The molecule has 1 amide bonds. The van der Waals surface area contributed by atoms with Gasteiger partial charge in [0.2, 0.25) is 0 Å². The fourth-order valence-electron chi connectivity index (χ4n) is 2.79. The van der Waals surface area contributed by atoms with Gasteiger partial charge in [-0.2, -0.15) is 5.26 Å². The highest BCUT2D eigenvalue weighted by Crippen LogP contribution is 2.30. The molecule has 1 atom stereocenters. The first-order valence-electron chi connectivity index (χ1n) is 8.79. The second kappa shape index (κ2) is 9.01. The number of aromatic nitrogens is 1. The molecule has 1 fully saturated rings. The monoisotopic (exact) mass is 367 g/mol. The van der Waals surface area contributed by atoms with Crippen molar-refractivity contribution in [1.82, 2.24) is 9.88 Å². The molecule has 27 heavy (non-hydrogen) atoms. The highest BCUT2D eigenvalue weighted by molar-refractivity contribution is 5.95. The molecule has 0 saturated carbocycles. The lowest BCUT2D eigenvalue weighted by molar-refractivity contribution is 0.0132. The van der Waals surface area contributed by atoms with E-state index in [4.69, 9.17) is 14.2 Å². The molecular weight excluding hydrogens is 346 g/mol. The number of carbonyl (C=O) groups excluding carboxylic acids is 1. The number of benzene rings is 1. The zero-order valence-electron chi connectivity index (χ0n) is 15.1. The molecule has 1 aliphatic rings. The van der Waals surface area contributed by atoms with Gasteiger partial charge in [0.1, 0.15) is 12.6 Å². The van der Waals surface area contributed by atoms with Crippen molar-refractivity contribution in [3.8, 4) is 17.6 Å². The fourth-order valence-corrected chi connectivity index (χ4v) is 2.79. The summed E-state index contributed by atoms with van der Waals surface area (Å²) in [6.45, 7) is 3.70. The van der Waals surface area contributed by atoms with Crippen LogP contribution in [-0.4, -0.2) is 48.2 Å². The number of rotatable bonds is 6. The van der Waals surface area contributed by atoms with Gasteiger partial charge in [0.25, 0.3) is 5.91 Å². The van der Waals surface area contributed by atoms with Crippen molar-refractivity contribution in [2.24, 2.45) is 0 Å². The van der Waals surface area contributed by atoms with Crippen molar-refractivity contribution in [2.45, 2.75) is 19.6 Å². The van der Waals surface area contributed by atoms with Gasteiger partial charge in [0, 0.05) is 30.1 Å². The van der Waals surface area contributed by atoms with E-state index in [-0.39, 0.29) is 12.5 Å². The summed E-state index contributed by atoms with van der Waals surface area (Å²) in [6, 6.07) is 10.4. The summed E-state index contributed by atoms with van der Waals surface area (Å²) in [4.78, 5) is 18.4. The molecular formula is C20H21N3O4. The van der Waals surface area contributed by atoms with Crippen molar-refractivity contribution in [2.75, 3.05) is 26.4 Å². The number of morpholine rings is 1. The van der Waals surface area contributed by atoms with Crippen molar-refractivity contribution >= 4 is 5.91 Å². The standard InChI is InChI=1S/C20H21N3O4/c1-2-26-19-10-16(20(24)23-8-9-25-14-17(23)11-21)5-6-18(19)27-13-15-4-3-7-22-12-15/h3-7,10,12,17H,2,8-9,13-14H2,1H3. The van der Waals surface area contributed by atoms with E-state index in [0.29, 0.717) is 43.4 Å². The van der Waals surface area contributed by atoms with Crippen LogP contribution in [0.15, 0.2) is 42.7 Å². The Morgan fingerprint density at radius 1 is 1.37 bits per heavy atom. The lowest BCUT2D eigenvalue weighted by Crippen LogP contribution is -2.47. The SMILES string of the molecule is CCOc1cc(C(=O)N2CCOCC2C#N)ccc1OCc1cccnc1. The van der Waals surface area contributed by atoms with Gasteiger partial charge in [-0.15, -0.1) is 0 Å². The zero-order chi connectivity index (χ0) is 19.1. The maximum atomic E-state index is 12.8. The van der Waals surface area contributed by atoms with Gasteiger partial charge < -0.3 is 19.1 Å². The van der Waals surface area contributed by atoms with Crippen LogP contribution < -0.4 is 9.47 Å². The molecule has 1 saturated heterocycles. The number of carbonyl (C=O) groups is 1. The predicted molar refractivity (Wildman–Crippen MR) is 97.4 cm³/mol. The Morgan fingerprint density at radius 2 is 2.26 bits per heavy atom. The summed E-state index contributed by atoms with van der Waals surface area (Å²) < 4.78 is 16.8. The summed E-state index contributed by atoms with van der Waals surface area (Å²) in [5, 5.41) is 9.24. The minimum atomic E-state index is -0.580. The summed E-state index contributed by atoms with van der Waals surface area (Å²) >= 11 is 0. The second-order valence-corrected chi connectivity index (χ2v) is 5.96. The molecule has 140 valence electrons. The van der Waals surface area contributed by atoms with E-state index >= 15 is 0 Å². The van der Waals surface area contributed by atoms with Crippen LogP contribution in [-0.2, 0) is 11.3 Å². The molecule has 2 aromatic rings. The van der Waals surface area contributed by atoms with Crippen LogP contribution in [0.4, 0.5) is 0 Å². The maximum Gasteiger partial charge on any atom is 0.255 e. The normalized spacial score (nSPS) is 16.4. The third-order valence-corrected chi connectivity index (χ3v) is 4.15. The van der Waals surface area contributed by atoms with Gasteiger partial charge in [-0.1, -0.05) is 6.07 Å². The van der Waals surface area contributed by atoms with E-state index in [9.17, 15) is 10.1 Å². The molecule has 0 bridgehead atoms. The third kappa shape index (κ3) is 4.54. The lowest BCUT2D eigenvalue weighted by Gasteiger charge is -2.31. The van der Waals surface area contributed by atoms with Gasteiger partial charge in [-0.05, 0) is 31.2 Å². The summed E-state index contributed by atoms with van der Waals surface area (Å²) in [5.41, 5.74) is 1.39. The minimum absolute atomic E-state index is 0.218. The third-order valence-electron chi connectivity index (χ3n) is 4.15. The Balaban J connectivity index is 1.78. The molecule has 7 nitrogen and oxygen atoms in total. The summed E-state index contributed by atoms with van der Waals surface area (Å²) in [5.74, 6) is 0.828. The first-order valence-corrected chi connectivity index (χ1v) is 8.79. The van der Waals surface area contributed by atoms with Crippen LogP contribution in [0.3, 0.4) is 0 Å². The molecule has 1 aliphatic heterocycles. The summed E-state index contributed by atoms with van der Waals surface area (Å²) in [7, 11) is 0. The smallest absolute Gasteiger partial charge is 0.255 e. The van der Waals surface area contributed by atoms with E-state index in [2.05, 4.69) is 11.1 Å². The van der Waals surface area contributed by atoms with Crippen LogP contribution in [0, 0.1) is 11.3 Å². The first-order chi connectivity index (χ1) is 13.2. The van der Waals surface area contributed by atoms with E-state index in [0.717, 1.165) is 5.56 Å². The Bertz CT molecular complexity index is 820. The first kappa shape index (κ1) is 18.7. The Hall–Kier alpha value is -3.11. The van der Waals surface area contributed by atoms with Crippen LogP contribution >= 0.6 is 0 Å². The number of hydrogen-bond donors (Lipinski definition) is 0. The van der Waals surface area contributed by atoms with E-state index < -0.39 is 6.04 Å². The van der Waals surface area contributed by atoms with Crippen molar-refractivity contribution in [3.63, 3.8) is 0 Å². The van der Waals surface area contributed by atoms with Crippen molar-refractivity contribution in [3.05, 3.63) is 53.9 Å². The molecule has 7 heteroatoms. The molecule has 0 spiro atoms. The van der Waals surface area contributed by atoms with E-state index in [1.807, 2.05) is 19.1 Å². The van der Waals surface area contributed by atoms with Crippen LogP contribution in [0.25, 0.3) is 0 Å². The minimum Gasteiger partial charge on any atom is -0.490 e. The number of nitriles is 1. The molecule has 1 unspecified atom stereocenters. The summed E-state index contributed by atoms with van der Waals surface area (Å²) in [6.07, 6.45) is 3.44. The average molecular weight is 367 g/mol. The Morgan fingerprint density at radius 3 is 3.00 bits per heavy atom. The predicted octanol–water partition coefficient (Wildman–Crippen LogP) is 2.42. The van der Waals surface area contributed by atoms with Crippen LogP contribution in [0.1, 0.15) is 22.8 Å².